The van der Waals surface area contributed by atoms with E-state index < -0.39 is 28.1 Å². The number of methoxy groups -OCH3 is 1. The lowest BCUT2D eigenvalue weighted by atomic mass is 10.1. The molecule has 3 aromatic carbocycles. The van der Waals surface area contributed by atoms with Crippen molar-refractivity contribution in [2.24, 2.45) is 5.92 Å². The maximum atomic E-state index is 13.6. The van der Waals surface area contributed by atoms with E-state index in [0.29, 0.717) is 17.1 Å². The van der Waals surface area contributed by atoms with E-state index in [9.17, 15) is 23.4 Å². The molecular formula is C29H36N2O6S2. The quantitative estimate of drug-likeness (QED) is 0.262. The highest BCUT2D eigenvalue weighted by atomic mass is 32.2. The first-order chi connectivity index (χ1) is 18.5. The van der Waals surface area contributed by atoms with Gasteiger partial charge in [0.05, 0.1) is 24.2 Å². The first-order valence-corrected chi connectivity index (χ1v) is 15.0. The number of amides is 1. The molecule has 10 heteroatoms. The van der Waals surface area contributed by atoms with Crippen LogP contribution in [0.25, 0.3) is 0 Å². The second kappa shape index (κ2) is 13.8. The second-order valence-corrected chi connectivity index (χ2v) is 12.6. The predicted molar refractivity (Wildman–Crippen MR) is 154 cm³/mol. The Kier molecular flexibility index (Phi) is 10.8. The zero-order chi connectivity index (χ0) is 28.6. The smallest absolute Gasteiger partial charge is 0.252 e. The molecule has 0 saturated heterocycles. The predicted octanol–water partition coefficient (Wildman–Crippen LogP) is 4.31. The fraction of sp³-hybridized carbons (Fsp3) is 0.345. The maximum Gasteiger partial charge on any atom is 0.252 e. The lowest BCUT2D eigenvalue weighted by molar-refractivity contribution is 0.0810. The van der Waals surface area contributed by atoms with Crippen molar-refractivity contribution in [2.75, 3.05) is 26.0 Å². The van der Waals surface area contributed by atoms with Crippen LogP contribution in [0, 0.1) is 12.8 Å². The van der Waals surface area contributed by atoms with Crippen LogP contribution < -0.4 is 10.1 Å². The first kappa shape index (κ1) is 30.5. The van der Waals surface area contributed by atoms with Gasteiger partial charge in [-0.1, -0.05) is 38.1 Å². The number of nitrogens with zero attached hydrogens (tertiary/aromatic N) is 1. The lowest BCUT2D eigenvalue weighted by Crippen LogP contribution is -2.51. The van der Waals surface area contributed by atoms with Crippen LogP contribution in [0.15, 0.2) is 82.6 Å². The molecule has 0 radical (unpaired) electrons. The Labute approximate surface area is 235 Å². The van der Waals surface area contributed by atoms with Gasteiger partial charge in [0.1, 0.15) is 11.5 Å². The Hall–Kier alpha value is -3.05. The van der Waals surface area contributed by atoms with Gasteiger partial charge in [-0.2, -0.15) is 4.31 Å². The summed E-state index contributed by atoms with van der Waals surface area (Å²) in [5, 5.41) is 24.3. The second-order valence-electron chi connectivity index (χ2n) is 9.61. The van der Waals surface area contributed by atoms with Crippen LogP contribution in [-0.2, 0) is 10.0 Å². The van der Waals surface area contributed by atoms with Crippen molar-refractivity contribution >= 4 is 27.7 Å². The maximum absolute atomic E-state index is 13.6. The normalized spacial score (nSPS) is 13.3. The van der Waals surface area contributed by atoms with Crippen LogP contribution in [0.4, 0.5) is 0 Å². The Bertz CT molecular complexity index is 1330. The van der Waals surface area contributed by atoms with E-state index in [4.69, 9.17) is 4.74 Å². The number of ether oxygens (including phenoxy) is 1. The lowest BCUT2D eigenvalue weighted by Gasteiger charge is -2.30. The van der Waals surface area contributed by atoms with Crippen LogP contribution >= 0.6 is 11.8 Å². The van der Waals surface area contributed by atoms with Gasteiger partial charge in [-0.3, -0.25) is 4.79 Å². The molecule has 2 atom stereocenters. The standard InChI is InChI=1S/C29H36N2O6S2/c1-20(2)17-31(39(35,36)24-15-13-22(37-4)14-16-24)18-28(33)26(19-38-23-9-6-5-7-10-23)30-29(34)25-11-8-12-27(32)21(25)3/h5-16,20,26,28,32-33H,17-19H2,1-4H3,(H,30,34). The van der Waals surface area contributed by atoms with Gasteiger partial charge in [-0.25, -0.2) is 8.42 Å². The molecule has 8 nitrogen and oxygen atoms in total. The van der Waals surface area contributed by atoms with Gasteiger partial charge in [-0.15, -0.1) is 11.8 Å². The Morgan fingerprint density at radius 1 is 1.00 bits per heavy atom. The van der Waals surface area contributed by atoms with Crippen molar-refractivity contribution in [2.45, 2.75) is 42.7 Å². The van der Waals surface area contributed by atoms with Crippen molar-refractivity contribution < 1.29 is 28.2 Å². The number of aliphatic hydroxyl groups excluding tert-OH is 1. The summed E-state index contributed by atoms with van der Waals surface area (Å²) >= 11 is 1.44. The summed E-state index contributed by atoms with van der Waals surface area (Å²) < 4.78 is 33.6. The molecule has 0 aliphatic heterocycles. The van der Waals surface area contributed by atoms with E-state index in [-0.39, 0.29) is 35.2 Å². The number of thioether (sulfide) groups is 1. The molecule has 3 rings (SSSR count). The fourth-order valence-electron chi connectivity index (χ4n) is 3.98. The zero-order valence-corrected chi connectivity index (χ0v) is 24.2. The van der Waals surface area contributed by atoms with Gasteiger partial charge in [0.25, 0.3) is 5.91 Å². The Balaban J connectivity index is 1.88. The van der Waals surface area contributed by atoms with Gasteiger partial charge in [-0.05, 0) is 61.4 Å². The minimum atomic E-state index is -3.94. The van der Waals surface area contributed by atoms with E-state index in [1.165, 1.54) is 41.4 Å². The third kappa shape index (κ3) is 8.22. The van der Waals surface area contributed by atoms with Gasteiger partial charge in [0, 0.05) is 34.9 Å². The molecule has 0 spiro atoms. The summed E-state index contributed by atoms with van der Waals surface area (Å²) in [7, 11) is -2.44. The molecule has 0 saturated carbocycles. The van der Waals surface area contributed by atoms with E-state index in [0.717, 1.165) is 4.90 Å². The van der Waals surface area contributed by atoms with Crippen LogP contribution in [0.3, 0.4) is 0 Å². The van der Waals surface area contributed by atoms with Gasteiger partial charge in [0.2, 0.25) is 10.0 Å². The highest BCUT2D eigenvalue weighted by Gasteiger charge is 2.31. The van der Waals surface area contributed by atoms with Crippen molar-refractivity contribution in [1.82, 2.24) is 9.62 Å². The van der Waals surface area contributed by atoms with Crippen LogP contribution in [0.1, 0.15) is 29.8 Å². The molecule has 3 aromatic rings. The van der Waals surface area contributed by atoms with Crippen LogP contribution in [-0.4, -0.2) is 66.9 Å². The highest BCUT2D eigenvalue weighted by molar-refractivity contribution is 7.99. The number of phenolic OH excluding ortho intramolecular Hbond substituents is 1. The number of sulfonamides is 1. The number of phenols is 1. The number of aromatic hydroxyl groups is 1. The minimum Gasteiger partial charge on any atom is -0.508 e. The summed E-state index contributed by atoms with van der Waals surface area (Å²) in [4.78, 5) is 14.2. The summed E-state index contributed by atoms with van der Waals surface area (Å²) in [6, 6.07) is 19.5. The molecule has 0 bridgehead atoms. The minimum absolute atomic E-state index is 0.00731. The Morgan fingerprint density at radius 3 is 2.28 bits per heavy atom. The number of hydrogen-bond acceptors (Lipinski definition) is 7. The molecule has 0 heterocycles. The summed E-state index contributed by atoms with van der Waals surface area (Å²) in [5.41, 5.74) is 0.698. The Morgan fingerprint density at radius 2 is 1.67 bits per heavy atom. The van der Waals surface area contributed by atoms with Crippen molar-refractivity contribution in [3.05, 3.63) is 83.9 Å². The van der Waals surface area contributed by atoms with E-state index in [2.05, 4.69) is 5.32 Å². The number of benzene rings is 3. The van der Waals surface area contributed by atoms with E-state index in [1.54, 1.807) is 31.2 Å². The molecule has 39 heavy (non-hydrogen) atoms. The summed E-state index contributed by atoms with van der Waals surface area (Å²) in [5.74, 6) is 0.355. The molecule has 0 aliphatic rings. The molecule has 0 fully saturated rings. The third-order valence-electron chi connectivity index (χ3n) is 6.16. The largest absolute Gasteiger partial charge is 0.508 e. The van der Waals surface area contributed by atoms with Crippen molar-refractivity contribution in [1.29, 1.82) is 0 Å². The molecule has 0 aromatic heterocycles. The van der Waals surface area contributed by atoms with Crippen molar-refractivity contribution in [3.8, 4) is 11.5 Å². The topological polar surface area (TPSA) is 116 Å². The molecule has 3 N–H and O–H groups in total. The number of carbonyl (C=O) groups excluding carboxylic acids is 1. The van der Waals surface area contributed by atoms with Crippen LogP contribution in [0.5, 0.6) is 11.5 Å². The third-order valence-corrected chi connectivity index (χ3v) is 9.14. The highest BCUT2D eigenvalue weighted by Crippen LogP contribution is 2.24. The number of carbonyl (C=O) groups is 1. The summed E-state index contributed by atoms with van der Waals surface area (Å²) in [6.07, 6.45) is -1.21. The van der Waals surface area contributed by atoms with Gasteiger partial charge < -0.3 is 20.3 Å². The first-order valence-electron chi connectivity index (χ1n) is 12.6. The summed E-state index contributed by atoms with van der Waals surface area (Å²) in [6.45, 7) is 5.41. The van der Waals surface area contributed by atoms with E-state index in [1.807, 2.05) is 44.2 Å². The zero-order valence-electron chi connectivity index (χ0n) is 22.6. The van der Waals surface area contributed by atoms with Crippen LogP contribution in [0.2, 0.25) is 0 Å². The number of nitrogens with one attached hydrogen (secondary N) is 1. The van der Waals surface area contributed by atoms with E-state index >= 15 is 0 Å². The number of aliphatic hydroxyl groups is 1. The van der Waals surface area contributed by atoms with Crippen molar-refractivity contribution in [3.63, 3.8) is 0 Å². The average Bonchev–Trinajstić information content (AvgIpc) is 2.92. The molecule has 210 valence electrons. The fourth-order valence-corrected chi connectivity index (χ4v) is 6.63. The average molecular weight is 573 g/mol. The molecule has 1 amide bonds. The monoisotopic (exact) mass is 572 g/mol. The van der Waals surface area contributed by atoms with Gasteiger partial charge >= 0.3 is 0 Å². The molecular weight excluding hydrogens is 536 g/mol. The number of hydrogen-bond donors (Lipinski definition) is 3. The molecule has 2 unspecified atom stereocenters. The molecule has 0 aliphatic carbocycles. The number of rotatable bonds is 13. The van der Waals surface area contributed by atoms with Gasteiger partial charge in [0.15, 0.2) is 0 Å². The SMILES string of the molecule is COc1ccc(S(=O)(=O)N(CC(C)C)CC(O)C(CSc2ccccc2)NC(=O)c2cccc(O)c2C)cc1.